The van der Waals surface area contributed by atoms with Crippen molar-refractivity contribution in [3.63, 3.8) is 0 Å². The number of carbonyl (C=O) groups excluding carboxylic acids is 1. The average Bonchev–Trinajstić information content (AvgIpc) is 2.63. The number of aryl methyl sites for hydroxylation is 1. The van der Waals surface area contributed by atoms with E-state index in [0.29, 0.717) is 12.1 Å². The van der Waals surface area contributed by atoms with Crippen LogP contribution in [0.3, 0.4) is 0 Å². The van der Waals surface area contributed by atoms with Crippen LogP contribution < -0.4 is 5.32 Å². The SMILES string of the molecule is C[C@@H]1Cc2c(C(=O)NCC#N)nn(C)c2[C@H](C)O1. The van der Waals surface area contributed by atoms with Crippen LogP contribution in [0, 0.1) is 11.3 Å². The third-order valence-corrected chi connectivity index (χ3v) is 3.05. The van der Waals surface area contributed by atoms with Crippen LogP contribution in [0.5, 0.6) is 0 Å². The summed E-state index contributed by atoms with van der Waals surface area (Å²) in [6.07, 6.45) is 0.668. The molecule has 1 aromatic heterocycles. The van der Waals surface area contributed by atoms with Crippen LogP contribution in [0.4, 0.5) is 0 Å². The van der Waals surface area contributed by atoms with Gasteiger partial charge in [-0.1, -0.05) is 0 Å². The Labute approximate surface area is 106 Å². The lowest BCUT2D eigenvalue weighted by molar-refractivity contribution is -0.00902. The standard InChI is InChI=1S/C12H16N4O2/c1-7-6-9-10(12(17)14-5-4-13)15-16(3)11(9)8(2)18-7/h7-8H,5-6H2,1-3H3,(H,14,17)/t7-,8+/m1/s1. The van der Waals surface area contributed by atoms with E-state index in [9.17, 15) is 4.79 Å². The van der Waals surface area contributed by atoms with Gasteiger partial charge in [-0.2, -0.15) is 10.4 Å². The van der Waals surface area contributed by atoms with E-state index < -0.39 is 0 Å². The van der Waals surface area contributed by atoms with Gasteiger partial charge < -0.3 is 10.1 Å². The van der Waals surface area contributed by atoms with Crippen molar-refractivity contribution in [2.24, 2.45) is 7.05 Å². The topological polar surface area (TPSA) is 79.9 Å². The van der Waals surface area contributed by atoms with E-state index in [1.54, 1.807) is 11.7 Å². The predicted molar refractivity (Wildman–Crippen MR) is 63.8 cm³/mol. The molecular weight excluding hydrogens is 232 g/mol. The molecule has 0 spiro atoms. The highest BCUT2D eigenvalue weighted by atomic mass is 16.5. The van der Waals surface area contributed by atoms with Crippen LogP contribution in [0.2, 0.25) is 0 Å². The van der Waals surface area contributed by atoms with E-state index in [-0.39, 0.29) is 24.7 Å². The number of nitriles is 1. The molecule has 1 aliphatic heterocycles. The number of rotatable bonds is 2. The van der Waals surface area contributed by atoms with Crippen LogP contribution >= 0.6 is 0 Å². The van der Waals surface area contributed by atoms with Crippen molar-refractivity contribution < 1.29 is 9.53 Å². The number of aromatic nitrogens is 2. The third-order valence-electron chi connectivity index (χ3n) is 3.05. The van der Waals surface area contributed by atoms with Crippen molar-refractivity contribution in [3.05, 3.63) is 17.0 Å². The first-order chi connectivity index (χ1) is 8.54. The molecule has 1 N–H and O–H groups in total. The number of ether oxygens (including phenoxy) is 1. The van der Waals surface area contributed by atoms with Gasteiger partial charge >= 0.3 is 0 Å². The van der Waals surface area contributed by atoms with E-state index in [1.165, 1.54) is 0 Å². The molecule has 96 valence electrons. The summed E-state index contributed by atoms with van der Waals surface area (Å²) in [7, 11) is 1.80. The number of fused-ring (bicyclic) bond motifs is 1. The Morgan fingerprint density at radius 2 is 2.39 bits per heavy atom. The quantitative estimate of drug-likeness (QED) is 0.781. The van der Waals surface area contributed by atoms with Gasteiger partial charge in [-0.05, 0) is 13.8 Å². The summed E-state index contributed by atoms with van der Waals surface area (Å²) in [5.41, 5.74) is 2.28. The molecule has 18 heavy (non-hydrogen) atoms. The van der Waals surface area contributed by atoms with Crippen LogP contribution in [0.1, 0.15) is 41.7 Å². The number of amides is 1. The molecule has 1 amide bonds. The fourth-order valence-corrected chi connectivity index (χ4v) is 2.43. The van der Waals surface area contributed by atoms with Crippen molar-refractivity contribution in [1.29, 1.82) is 5.26 Å². The summed E-state index contributed by atoms with van der Waals surface area (Å²) in [5.74, 6) is -0.297. The molecule has 0 radical (unpaired) electrons. The highest BCUT2D eigenvalue weighted by Gasteiger charge is 2.31. The zero-order chi connectivity index (χ0) is 13.3. The minimum Gasteiger partial charge on any atom is -0.369 e. The summed E-state index contributed by atoms with van der Waals surface area (Å²) < 4.78 is 7.41. The predicted octanol–water partition coefficient (Wildman–Crippen LogP) is 0.696. The Morgan fingerprint density at radius 3 is 3.06 bits per heavy atom. The zero-order valence-corrected chi connectivity index (χ0v) is 10.7. The molecule has 0 aromatic carbocycles. The van der Waals surface area contributed by atoms with E-state index >= 15 is 0 Å². The molecule has 1 aromatic rings. The maximum absolute atomic E-state index is 11.9. The van der Waals surface area contributed by atoms with E-state index in [1.807, 2.05) is 19.9 Å². The van der Waals surface area contributed by atoms with Crippen molar-refractivity contribution in [3.8, 4) is 6.07 Å². The average molecular weight is 248 g/mol. The van der Waals surface area contributed by atoms with Crippen LogP contribution in [0.25, 0.3) is 0 Å². The maximum Gasteiger partial charge on any atom is 0.272 e. The molecule has 0 saturated heterocycles. The van der Waals surface area contributed by atoms with E-state index in [4.69, 9.17) is 10.00 Å². The summed E-state index contributed by atoms with van der Waals surface area (Å²) in [5, 5.41) is 15.2. The number of nitrogens with one attached hydrogen (secondary N) is 1. The fraction of sp³-hybridized carbons (Fsp3) is 0.583. The van der Waals surface area contributed by atoms with Crippen molar-refractivity contribution in [2.45, 2.75) is 32.5 Å². The van der Waals surface area contributed by atoms with Crippen molar-refractivity contribution in [2.75, 3.05) is 6.54 Å². The second kappa shape index (κ2) is 4.78. The van der Waals surface area contributed by atoms with Gasteiger partial charge in [0.25, 0.3) is 5.91 Å². The molecule has 0 unspecified atom stereocenters. The Kier molecular flexibility index (Phi) is 3.34. The molecule has 1 aliphatic rings. The summed E-state index contributed by atoms with van der Waals surface area (Å²) in [6, 6.07) is 1.88. The first-order valence-electron chi connectivity index (χ1n) is 5.91. The lowest BCUT2D eigenvalue weighted by atomic mass is 9.99. The highest BCUT2D eigenvalue weighted by Crippen LogP contribution is 2.31. The van der Waals surface area contributed by atoms with E-state index in [2.05, 4.69) is 10.4 Å². The molecule has 2 atom stereocenters. The minimum absolute atomic E-state index is 0.00815. The minimum atomic E-state index is -0.297. The van der Waals surface area contributed by atoms with Gasteiger partial charge in [-0.15, -0.1) is 0 Å². The second-order valence-electron chi connectivity index (χ2n) is 4.47. The molecule has 0 fully saturated rings. The normalized spacial score (nSPS) is 22.1. The van der Waals surface area contributed by atoms with Gasteiger partial charge in [-0.25, -0.2) is 0 Å². The Hall–Kier alpha value is -1.87. The lowest BCUT2D eigenvalue weighted by Crippen LogP contribution is -2.28. The fourth-order valence-electron chi connectivity index (χ4n) is 2.43. The monoisotopic (exact) mass is 248 g/mol. The van der Waals surface area contributed by atoms with Crippen LogP contribution in [-0.2, 0) is 18.2 Å². The summed E-state index contributed by atoms with van der Waals surface area (Å²) in [6.45, 7) is 3.92. The van der Waals surface area contributed by atoms with Gasteiger partial charge in [0.05, 0.1) is 24.0 Å². The molecule has 6 nitrogen and oxygen atoms in total. The highest BCUT2D eigenvalue weighted by molar-refractivity contribution is 5.94. The van der Waals surface area contributed by atoms with Gasteiger partial charge in [0.2, 0.25) is 0 Å². The zero-order valence-electron chi connectivity index (χ0n) is 10.7. The Morgan fingerprint density at radius 1 is 1.67 bits per heavy atom. The van der Waals surface area contributed by atoms with E-state index in [0.717, 1.165) is 11.3 Å². The molecule has 0 bridgehead atoms. The maximum atomic E-state index is 11.9. The Balaban J connectivity index is 2.36. The van der Waals surface area contributed by atoms with Crippen molar-refractivity contribution >= 4 is 5.91 Å². The number of hydrogen-bond donors (Lipinski definition) is 1. The molecule has 2 rings (SSSR count). The lowest BCUT2D eigenvalue weighted by Gasteiger charge is -2.26. The third kappa shape index (κ3) is 2.09. The van der Waals surface area contributed by atoms with Crippen molar-refractivity contribution in [1.82, 2.24) is 15.1 Å². The molecule has 0 aliphatic carbocycles. The Bertz CT molecular complexity index is 515. The number of carbonyl (C=O) groups is 1. The molecule has 6 heteroatoms. The first-order valence-corrected chi connectivity index (χ1v) is 5.91. The van der Waals surface area contributed by atoms with Crippen LogP contribution in [0.15, 0.2) is 0 Å². The summed E-state index contributed by atoms with van der Waals surface area (Å²) >= 11 is 0. The van der Waals surface area contributed by atoms with Gasteiger partial charge in [0.1, 0.15) is 6.54 Å². The second-order valence-corrected chi connectivity index (χ2v) is 4.47. The van der Waals surface area contributed by atoms with Gasteiger partial charge in [0.15, 0.2) is 5.69 Å². The number of hydrogen-bond acceptors (Lipinski definition) is 4. The molecule has 2 heterocycles. The molecular formula is C12H16N4O2. The van der Waals surface area contributed by atoms with Crippen LogP contribution in [-0.4, -0.2) is 28.3 Å². The first kappa shape index (κ1) is 12.6. The largest absolute Gasteiger partial charge is 0.369 e. The summed E-state index contributed by atoms with van der Waals surface area (Å²) in [4.78, 5) is 11.9. The smallest absolute Gasteiger partial charge is 0.272 e. The molecule has 0 saturated carbocycles. The van der Waals surface area contributed by atoms with Gasteiger partial charge in [-0.3, -0.25) is 9.48 Å². The number of nitrogens with zero attached hydrogens (tertiary/aromatic N) is 3. The van der Waals surface area contributed by atoms with Gasteiger partial charge in [0, 0.05) is 19.0 Å².